The van der Waals surface area contributed by atoms with Gasteiger partial charge in [-0.15, -0.1) is 0 Å². The first kappa shape index (κ1) is 20.0. The molecule has 0 aromatic heterocycles. The lowest BCUT2D eigenvalue weighted by Gasteiger charge is -2.19. The molecule has 0 amide bonds. The number of carbonyl (C=O) groups is 3. The highest BCUT2D eigenvalue weighted by atomic mass is 16.6. The summed E-state index contributed by atoms with van der Waals surface area (Å²) >= 11 is 0. The number of non-ortho nitro benzene ring substituents is 1. The summed E-state index contributed by atoms with van der Waals surface area (Å²) in [6.07, 6.45) is -0.414. The van der Waals surface area contributed by atoms with Crippen molar-refractivity contribution in [1.82, 2.24) is 0 Å². The van der Waals surface area contributed by atoms with Gasteiger partial charge in [-0.05, 0) is 38.5 Å². The van der Waals surface area contributed by atoms with Gasteiger partial charge in [0.25, 0.3) is 11.5 Å². The summed E-state index contributed by atoms with van der Waals surface area (Å²) in [5, 5.41) is 10.5. The summed E-state index contributed by atoms with van der Waals surface area (Å²) in [4.78, 5) is 45.2. The van der Waals surface area contributed by atoms with Crippen LogP contribution < -0.4 is 0 Å². The van der Waals surface area contributed by atoms with Crippen molar-refractivity contribution in [2.45, 2.75) is 39.4 Å². The summed E-state index contributed by atoms with van der Waals surface area (Å²) in [6.45, 7) is 8.20. The van der Waals surface area contributed by atoms with Gasteiger partial charge in [-0.1, -0.05) is 6.58 Å². The zero-order valence-electron chi connectivity index (χ0n) is 14.2. The van der Waals surface area contributed by atoms with E-state index in [1.54, 1.807) is 20.8 Å². The van der Waals surface area contributed by atoms with Crippen molar-refractivity contribution in [1.29, 1.82) is 0 Å². The maximum absolute atomic E-state index is 11.8. The lowest BCUT2D eigenvalue weighted by molar-refractivity contribution is -0.384. The summed E-state index contributed by atoms with van der Waals surface area (Å²) in [7, 11) is 0. The second kappa shape index (κ2) is 8.18. The Balaban J connectivity index is 2.53. The van der Waals surface area contributed by atoms with Crippen molar-refractivity contribution in [3.05, 3.63) is 52.1 Å². The molecule has 0 bridgehead atoms. The van der Waals surface area contributed by atoms with Gasteiger partial charge in [-0.25, -0.2) is 4.79 Å². The molecular weight excluding hydrogens is 330 g/mol. The van der Waals surface area contributed by atoms with Crippen LogP contribution in [0, 0.1) is 10.1 Å². The predicted molar refractivity (Wildman–Crippen MR) is 87.5 cm³/mol. The number of carbonyl (C=O) groups excluding carboxylic acids is 3. The van der Waals surface area contributed by atoms with E-state index in [1.165, 1.54) is 24.3 Å². The van der Waals surface area contributed by atoms with Gasteiger partial charge in [0.05, 0.1) is 11.3 Å². The molecule has 1 aromatic rings. The van der Waals surface area contributed by atoms with Crippen LogP contribution in [0.5, 0.6) is 0 Å². The van der Waals surface area contributed by atoms with E-state index in [4.69, 9.17) is 9.47 Å². The molecule has 0 N–H and O–H groups in total. The number of rotatable bonds is 7. The first-order valence-corrected chi connectivity index (χ1v) is 7.34. The highest BCUT2D eigenvalue weighted by Gasteiger charge is 2.24. The van der Waals surface area contributed by atoms with Crippen LogP contribution in [-0.4, -0.2) is 28.2 Å². The Hall–Kier alpha value is -3.03. The monoisotopic (exact) mass is 349 g/mol. The van der Waals surface area contributed by atoms with E-state index in [1.807, 2.05) is 0 Å². The van der Waals surface area contributed by atoms with Crippen LogP contribution in [0.3, 0.4) is 0 Å². The van der Waals surface area contributed by atoms with Crippen LogP contribution in [-0.2, 0) is 30.5 Å². The van der Waals surface area contributed by atoms with Gasteiger partial charge in [0, 0.05) is 17.7 Å². The number of ether oxygens (including phenoxy) is 2. The molecule has 0 spiro atoms. The smallest absolute Gasteiger partial charge is 0.379 e. The summed E-state index contributed by atoms with van der Waals surface area (Å²) in [5.41, 5.74) is -0.569. The van der Waals surface area contributed by atoms with Crippen LogP contribution in [0.4, 0.5) is 5.69 Å². The van der Waals surface area contributed by atoms with Crippen molar-refractivity contribution in [3.8, 4) is 0 Å². The average molecular weight is 349 g/mol. The molecule has 0 unspecified atom stereocenters. The molecule has 0 saturated heterocycles. The minimum Gasteiger partial charge on any atom is -0.460 e. The number of ketones is 1. The van der Waals surface area contributed by atoms with E-state index in [9.17, 15) is 24.5 Å². The Morgan fingerprint density at radius 2 is 1.72 bits per heavy atom. The Bertz CT molecular complexity index is 699. The molecule has 0 saturated carbocycles. The fourth-order valence-corrected chi connectivity index (χ4v) is 1.70. The predicted octanol–water partition coefficient (Wildman–Crippen LogP) is 2.50. The van der Waals surface area contributed by atoms with E-state index in [0.717, 1.165) is 0 Å². The number of esters is 2. The van der Waals surface area contributed by atoms with Crippen molar-refractivity contribution in [2.24, 2.45) is 0 Å². The summed E-state index contributed by atoms with van der Waals surface area (Å²) in [5.74, 6) is -2.85. The van der Waals surface area contributed by atoms with E-state index >= 15 is 0 Å². The molecule has 0 radical (unpaired) electrons. The minimum atomic E-state index is -1.16. The van der Waals surface area contributed by atoms with Gasteiger partial charge in [0.2, 0.25) is 0 Å². The molecule has 0 heterocycles. The molecule has 8 heteroatoms. The fraction of sp³-hybridized carbons (Fsp3) is 0.353. The molecule has 134 valence electrons. The third-order valence-corrected chi connectivity index (χ3v) is 2.80. The number of benzene rings is 1. The molecule has 8 nitrogen and oxygen atoms in total. The molecular formula is C17H19NO7. The Kier molecular flexibility index (Phi) is 6.55. The Morgan fingerprint density at radius 3 is 2.20 bits per heavy atom. The molecule has 0 aliphatic carbocycles. The second-order valence-corrected chi connectivity index (χ2v) is 6.20. The Morgan fingerprint density at radius 1 is 1.16 bits per heavy atom. The van der Waals surface area contributed by atoms with E-state index < -0.39 is 34.7 Å². The highest BCUT2D eigenvalue weighted by Crippen LogP contribution is 2.14. The van der Waals surface area contributed by atoms with Crippen LogP contribution in [0.2, 0.25) is 0 Å². The number of hydrogen-bond donors (Lipinski definition) is 0. The molecule has 0 aliphatic heterocycles. The summed E-state index contributed by atoms with van der Waals surface area (Å²) < 4.78 is 9.86. The van der Waals surface area contributed by atoms with Gasteiger partial charge in [0.15, 0.2) is 0 Å². The second-order valence-electron chi connectivity index (χ2n) is 6.20. The SMILES string of the molecule is C=C(CC(=O)OC(C)(C)C)C(=O)C(=O)OCc1ccc([N+](=O)[O-])cc1. The van der Waals surface area contributed by atoms with Gasteiger partial charge < -0.3 is 9.47 Å². The molecule has 0 atom stereocenters. The zero-order chi connectivity index (χ0) is 19.2. The first-order chi connectivity index (χ1) is 11.5. The average Bonchev–Trinajstić information content (AvgIpc) is 2.50. The first-order valence-electron chi connectivity index (χ1n) is 7.34. The molecule has 1 aromatic carbocycles. The normalized spacial score (nSPS) is 10.7. The summed E-state index contributed by atoms with van der Waals surface area (Å²) in [6, 6.07) is 5.33. The maximum Gasteiger partial charge on any atom is 0.379 e. The maximum atomic E-state index is 11.8. The largest absolute Gasteiger partial charge is 0.460 e. The van der Waals surface area contributed by atoms with Crippen molar-refractivity contribution in [2.75, 3.05) is 0 Å². The van der Waals surface area contributed by atoms with Crippen LogP contribution in [0.15, 0.2) is 36.4 Å². The third-order valence-electron chi connectivity index (χ3n) is 2.80. The lowest BCUT2D eigenvalue weighted by Crippen LogP contribution is -2.26. The molecule has 25 heavy (non-hydrogen) atoms. The molecule has 0 fully saturated rings. The van der Waals surface area contributed by atoms with E-state index in [-0.39, 0.29) is 17.9 Å². The minimum absolute atomic E-state index is 0.100. The van der Waals surface area contributed by atoms with Crippen LogP contribution >= 0.6 is 0 Å². The van der Waals surface area contributed by atoms with Crippen molar-refractivity contribution >= 4 is 23.4 Å². The van der Waals surface area contributed by atoms with Crippen molar-refractivity contribution < 1.29 is 28.8 Å². The molecule has 0 aliphatic rings. The van der Waals surface area contributed by atoms with Crippen LogP contribution in [0.1, 0.15) is 32.8 Å². The number of nitro benzene ring substituents is 1. The van der Waals surface area contributed by atoms with Gasteiger partial charge in [0.1, 0.15) is 12.2 Å². The standard InChI is InChI=1S/C17H19NO7/c1-11(9-14(19)25-17(2,3)4)15(20)16(21)24-10-12-5-7-13(8-6-12)18(22)23/h5-8H,1,9-10H2,2-4H3. The van der Waals surface area contributed by atoms with Gasteiger partial charge in [-0.2, -0.15) is 0 Å². The lowest BCUT2D eigenvalue weighted by atomic mass is 10.1. The highest BCUT2D eigenvalue weighted by molar-refractivity contribution is 6.40. The number of nitrogens with zero attached hydrogens (tertiary/aromatic N) is 1. The van der Waals surface area contributed by atoms with E-state index in [2.05, 4.69) is 6.58 Å². The number of Topliss-reactive ketones (excluding diaryl/α,β-unsaturated/α-hetero) is 1. The number of hydrogen-bond acceptors (Lipinski definition) is 7. The molecule has 1 rings (SSSR count). The third kappa shape index (κ3) is 6.94. The topological polar surface area (TPSA) is 113 Å². The number of nitro groups is 1. The van der Waals surface area contributed by atoms with Crippen LogP contribution in [0.25, 0.3) is 0 Å². The fourth-order valence-electron chi connectivity index (χ4n) is 1.70. The van der Waals surface area contributed by atoms with Crippen molar-refractivity contribution in [3.63, 3.8) is 0 Å². The zero-order valence-corrected chi connectivity index (χ0v) is 14.2. The van der Waals surface area contributed by atoms with E-state index in [0.29, 0.717) is 5.56 Å². The Labute approximate surface area is 144 Å². The van der Waals surface area contributed by atoms with Gasteiger partial charge in [-0.3, -0.25) is 19.7 Å². The quantitative estimate of drug-likeness (QED) is 0.244. The van der Waals surface area contributed by atoms with Gasteiger partial charge >= 0.3 is 11.9 Å².